The second-order valence-corrected chi connectivity index (χ2v) is 9.12. The number of hydrogen-bond acceptors (Lipinski definition) is 5. The van der Waals surface area contributed by atoms with Crippen molar-refractivity contribution in [3.63, 3.8) is 0 Å². The molecule has 1 aliphatic rings. The van der Waals surface area contributed by atoms with Crippen LogP contribution in [0.3, 0.4) is 0 Å². The summed E-state index contributed by atoms with van der Waals surface area (Å²) in [6.07, 6.45) is 1.37. The first-order valence-electron chi connectivity index (χ1n) is 12.5. The number of amides is 2. The number of fused-ring (bicyclic) bond motifs is 1. The topological polar surface area (TPSA) is 85.9 Å². The van der Waals surface area contributed by atoms with Crippen LogP contribution in [0.2, 0.25) is 0 Å². The molecule has 0 saturated carbocycles. The summed E-state index contributed by atoms with van der Waals surface area (Å²) < 4.78 is 30.7. The highest BCUT2D eigenvalue weighted by Crippen LogP contribution is 2.45. The third-order valence-corrected chi connectivity index (χ3v) is 6.40. The number of hydrogen-bond donors (Lipinski definition) is 2. The summed E-state index contributed by atoms with van der Waals surface area (Å²) in [5.74, 6) is 0.201. The number of aryl methyl sites for hydroxylation is 1. The first-order valence-corrected chi connectivity index (χ1v) is 12.5. The van der Waals surface area contributed by atoms with E-state index in [0.29, 0.717) is 34.9 Å². The molecule has 202 valence electrons. The average molecular weight is 531 g/mol. The minimum Gasteiger partial charge on any atom is -0.493 e. The van der Waals surface area contributed by atoms with Gasteiger partial charge < -0.3 is 24.8 Å². The molecule has 3 aromatic carbocycles. The molecule has 2 N–H and O–H groups in total. The summed E-state index contributed by atoms with van der Waals surface area (Å²) >= 11 is 0. The van der Waals surface area contributed by atoms with Crippen LogP contribution in [-0.2, 0) is 4.79 Å². The first-order chi connectivity index (χ1) is 18.7. The predicted molar refractivity (Wildman–Crippen MR) is 151 cm³/mol. The third kappa shape index (κ3) is 6.12. The van der Waals surface area contributed by atoms with Gasteiger partial charge in [0.2, 0.25) is 11.7 Å². The van der Waals surface area contributed by atoms with Crippen molar-refractivity contribution in [3.8, 4) is 17.2 Å². The van der Waals surface area contributed by atoms with Gasteiger partial charge in [-0.25, -0.2) is 9.18 Å². The van der Waals surface area contributed by atoms with Gasteiger partial charge in [-0.1, -0.05) is 18.2 Å². The van der Waals surface area contributed by atoms with E-state index in [1.807, 2.05) is 44.2 Å². The van der Waals surface area contributed by atoms with Crippen molar-refractivity contribution >= 4 is 34.9 Å². The number of allylic oxidation sites excluding steroid dienone is 2. The summed E-state index contributed by atoms with van der Waals surface area (Å²) in [5, 5.41) is 5.51. The molecule has 0 aromatic heterocycles. The maximum atomic E-state index is 14.3. The van der Waals surface area contributed by atoms with Gasteiger partial charge >= 0.3 is 6.09 Å². The van der Waals surface area contributed by atoms with Gasteiger partial charge in [0.25, 0.3) is 0 Å². The average Bonchev–Trinajstić information content (AvgIpc) is 3.14. The zero-order valence-corrected chi connectivity index (χ0v) is 22.6. The van der Waals surface area contributed by atoms with Gasteiger partial charge in [0.05, 0.1) is 20.6 Å². The van der Waals surface area contributed by atoms with Crippen molar-refractivity contribution in [1.82, 2.24) is 5.32 Å². The Hall–Kier alpha value is -4.59. The lowest BCUT2D eigenvalue weighted by Crippen LogP contribution is -2.26. The molecule has 0 heterocycles. The second kappa shape index (κ2) is 11.9. The highest BCUT2D eigenvalue weighted by Gasteiger charge is 2.26. The van der Waals surface area contributed by atoms with E-state index >= 15 is 0 Å². The zero-order chi connectivity index (χ0) is 28.1. The Morgan fingerprint density at radius 3 is 2.31 bits per heavy atom. The molecule has 2 amide bonds. The summed E-state index contributed by atoms with van der Waals surface area (Å²) in [6.45, 7) is 6.06. The maximum Gasteiger partial charge on any atom is 0.412 e. The van der Waals surface area contributed by atoms with Crippen LogP contribution in [-0.4, -0.2) is 32.8 Å². The quantitative estimate of drug-likeness (QED) is 0.342. The molecule has 0 fully saturated rings. The number of halogens is 1. The molecule has 0 atom stereocenters. The van der Waals surface area contributed by atoms with Crippen molar-refractivity contribution in [2.24, 2.45) is 0 Å². The van der Waals surface area contributed by atoms with Gasteiger partial charge in [-0.15, -0.1) is 0 Å². The lowest BCUT2D eigenvalue weighted by Gasteiger charge is -2.15. The highest BCUT2D eigenvalue weighted by molar-refractivity contribution is 6.10. The van der Waals surface area contributed by atoms with E-state index in [-0.39, 0.29) is 23.9 Å². The fourth-order valence-corrected chi connectivity index (χ4v) is 4.59. The Kier molecular flexibility index (Phi) is 8.34. The van der Waals surface area contributed by atoms with E-state index in [1.165, 1.54) is 26.4 Å². The van der Waals surface area contributed by atoms with Crippen LogP contribution < -0.4 is 24.8 Å². The molecule has 0 bridgehead atoms. The minimum atomic E-state index is -0.626. The van der Waals surface area contributed by atoms with Crippen LogP contribution in [0.15, 0.2) is 60.2 Å². The summed E-state index contributed by atoms with van der Waals surface area (Å²) in [5.41, 5.74) is 6.38. The van der Waals surface area contributed by atoms with E-state index in [0.717, 1.165) is 27.8 Å². The van der Waals surface area contributed by atoms with Gasteiger partial charge in [0.15, 0.2) is 11.5 Å². The number of ether oxygens (including phenoxy) is 3. The zero-order valence-electron chi connectivity index (χ0n) is 22.6. The molecule has 0 spiro atoms. The van der Waals surface area contributed by atoms with E-state index in [4.69, 9.17) is 14.2 Å². The van der Waals surface area contributed by atoms with Gasteiger partial charge in [-0.05, 0) is 102 Å². The number of anilines is 1. The van der Waals surface area contributed by atoms with Gasteiger partial charge in [0.1, 0.15) is 5.82 Å². The molecule has 4 rings (SSSR count). The summed E-state index contributed by atoms with van der Waals surface area (Å²) in [4.78, 5) is 25.0. The standard InChI is InChI=1S/C31H31FN2O5/c1-6-33-31(36)39-30-27(37-4)14-20(15-28(30)38-5)13-24-19(3)25(26-16-21(32)10-11-23(24)26)17-29(35)34-22-9-7-8-18(2)12-22/h7-16H,6,17H2,1-5H3,(H,33,36)(H,34,35). The monoisotopic (exact) mass is 530 g/mol. The number of carbonyl (C=O) groups is 2. The normalized spacial score (nSPS) is 13.2. The predicted octanol–water partition coefficient (Wildman–Crippen LogP) is 6.62. The van der Waals surface area contributed by atoms with Crippen LogP contribution in [0.5, 0.6) is 17.2 Å². The van der Waals surface area contributed by atoms with Gasteiger partial charge in [-0.2, -0.15) is 0 Å². The summed E-state index contributed by atoms with van der Waals surface area (Å²) in [7, 11) is 2.94. The Morgan fingerprint density at radius 1 is 0.949 bits per heavy atom. The van der Waals surface area contributed by atoms with Crippen LogP contribution in [0.1, 0.15) is 42.5 Å². The van der Waals surface area contributed by atoms with E-state index in [1.54, 1.807) is 25.1 Å². The summed E-state index contributed by atoms with van der Waals surface area (Å²) in [6, 6.07) is 15.6. The van der Waals surface area contributed by atoms with Gasteiger partial charge in [-0.3, -0.25) is 4.79 Å². The Bertz CT molecular complexity index is 1470. The van der Waals surface area contributed by atoms with Crippen molar-refractivity contribution < 1.29 is 28.2 Å². The van der Waals surface area contributed by atoms with Crippen LogP contribution in [0.25, 0.3) is 17.2 Å². The number of methoxy groups -OCH3 is 2. The highest BCUT2D eigenvalue weighted by atomic mass is 19.1. The molecule has 0 radical (unpaired) electrons. The molecule has 0 saturated heterocycles. The number of rotatable bonds is 8. The Labute approximate surface area is 227 Å². The fraction of sp³-hybridized carbons (Fsp3) is 0.226. The molecule has 3 aromatic rings. The van der Waals surface area contributed by atoms with Crippen LogP contribution in [0.4, 0.5) is 14.9 Å². The van der Waals surface area contributed by atoms with Crippen molar-refractivity contribution in [1.29, 1.82) is 0 Å². The third-order valence-electron chi connectivity index (χ3n) is 6.40. The van der Waals surface area contributed by atoms with E-state index in [2.05, 4.69) is 10.6 Å². The lowest BCUT2D eigenvalue weighted by molar-refractivity contribution is -0.115. The number of nitrogens with one attached hydrogen (secondary N) is 2. The molecular weight excluding hydrogens is 499 g/mol. The fourth-order valence-electron chi connectivity index (χ4n) is 4.59. The molecule has 8 heteroatoms. The number of benzene rings is 3. The molecule has 1 aliphatic carbocycles. The molecule has 0 unspecified atom stereocenters. The largest absolute Gasteiger partial charge is 0.493 e. The van der Waals surface area contributed by atoms with E-state index in [9.17, 15) is 14.0 Å². The molecule has 0 aliphatic heterocycles. The van der Waals surface area contributed by atoms with Gasteiger partial charge in [0, 0.05) is 12.2 Å². The molecule has 39 heavy (non-hydrogen) atoms. The second-order valence-electron chi connectivity index (χ2n) is 9.12. The van der Waals surface area contributed by atoms with E-state index < -0.39 is 6.09 Å². The van der Waals surface area contributed by atoms with Crippen LogP contribution >= 0.6 is 0 Å². The molecular formula is C31H31FN2O5. The Balaban J connectivity index is 1.72. The minimum absolute atomic E-state index is 0.0829. The van der Waals surface area contributed by atoms with Crippen molar-refractivity contribution in [2.75, 3.05) is 26.1 Å². The van der Waals surface area contributed by atoms with Crippen molar-refractivity contribution in [2.45, 2.75) is 27.2 Å². The number of carbonyl (C=O) groups excluding carboxylic acids is 2. The van der Waals surface area contributed by atoms with Crippen molar-refractivity contribution in [3.05, 3.63) is 88.2 Å². The maximum absolute atomic E-state index is 14.3. The first kappa shape index (κ1) is 27.4. The lowest BCUT2D eigenvalue weighted by atomic mass is 10.00. The Morgan fingerprint density at radius 2 is 1.67 bits per heavy atom. The smallest absolute Gasteiger partial charge is 0.412 e. The van der Waals surface area contributed by atoms with Crippen LogP contribution in [0, 0.1) is 12.7 Å². The molecule has 7 nitrogen and oxygen atoms in total. The SMILES string of the molecule is CCNC(=O)Oc1c(OC)cc(C=C2C(C)=C(CC(=O)Nc3cccc(C)c3)c3cc(F)ccc32)cc1OC.